The van der Waals surface area contributed by atoms with Gasteiger partial charge in [0.2, 0.25) is 29.5 Å². The number of ketones is 1. The maximum atomic E-state index is 13.0. The number of amides is 7. The van der Waals surface area contributed by atoms with Crippen molar-refractivity contribution in [2.45, 2.75) is 102 Å². The Morgan fingerprint density at radius 3 is 1.82 bits per heavy atom. The molecule has 2 fully saturated rings. The van der Waals surface area contributed by atoms with Crippen LogP contribution in [0.1, 0.15) is 108 Å². The number of piperidine rings is 2. The van der Waals surface area contributed by atoms with E-state index in [0.29, 0.717) is 41.6 Å². The van der Waals surface area contributed by atoms with E-state index in [0.717, 1.165) is 36.8 Å². The summed E-state index contributed by atoms with van der Waals surface area (Å²) in [5, 5.41) is 7.51. The number of rotatable bonds is 13. The topological polar surface area (TPSA) is 179 Å². The number of fused-ring (bicyclic) bond motifs is 2. The van der Waals surface area contributed by atoms with Gasteiger partial charge in [0.1, 0.15) is 17.9 Å². The Morgan fingerprint density at radius 1 is 0.673 bits per heavy atom. The molecule has 4 aliphatic rings. The Balaban J connectivity index is 0.900. The summed E-state index contributed by atoms with van der Waals surface area (Å²) in [6.45, 7) is 0.421. The van der Waals surface area contributed by atoms with Crippen molar-refractivity contribution in [2.75, 3.05) is 5.32 Å². The maximum Gasteiger partial charge on any atom is 0.255 e. The van der Waals surface area contributed by atoms with Gasteiger partial charge in [-0.05, 0) is 55.0 Å². The molecule has 13 heteroatoms. The van der Waals surface area contributed by atoms with E-state index in [1.165, 1.54) is 9.80 Å². The van der Waals surface area contributed by atoms with Crippen LogP contribution in [0.4, 0.5) is 5.69 Å². The molecule has 0 bridgehead atoms. The number of hydrogen-bond donors (Lipinski definition) is 3. The van der Waals surface area contributed by atoms with E-state index in [4.69, 9.17) is 0 Å². The molecule has 0 saturated carbocycles. The zero-order valence-electron chi connectivity index (χ0n) is 27.2. The summed E-state index contributed by atoms with van der Waals surface area (Å²) >= 11 is 0. The normalized spacial score (nSPS) is 20.2. The second kappa shape index (κ2) is 14.5. The van der Waals surface area contributed by atoms with Crippen LogP contribution >= 0.6 is 0 Å². The molecular weight excluding hydrogens is 630 g/mol. The summed E-state index contributed by atoms with van der Waals surface area (Å²) in [6.07, 6.45) is 5.74. The highest BCUT2D eigenvalue weighted by Gasteiger charge is 2.41. The van der Waals surface area contributed by atoms with Gasteiger partial charge in [0.05, 0.1) is 0 Å². The molecule has 3 N–H and O–H groups in total. The average molecular weight is 670 g/mol. The number of hydrogen-bond acceptors (Lipinski definition) is 8. The van der Waals surface area contributed by atoms with Crippen LogP contribution in [-0.4, -0.2) is 69.0 Å². The minimum atomic E-state index is -0.723. The summed E-state index contributed by atoms with van der Waals surface area (Å²) in [5.41, 5.74) is 3.70. The van der Waals surface area contributed by atoms with E-state index in [2.05, 4.69) is 16.0 Å². The third-order valence-corrected chi connectivity index (χ3v) is 9.78. The zero-order valence-corrected chi connectivity index (χ0v) is 27.2. The molecule has 7 amide bonds. The Morgan fingerprint density at radius 2 is 1.20 bits per heavy atom. The first-order chi connectivity index (χ1) is 23.6. The molecule has 2 saturated heterocycles. The molecule has 2 aromatic carbocycles. The molecule has 0 spiro atoms. The second-order valence-electron chi connectivity index (χ2n) is 13.1. The van der Waals surface area contributed by atoms with E-state index in [9.17, 15) is 38.4 Å². The maximum absolute atomic E-state index is 13.0. The van der Waals surface area contributed by atoms with Gasteiger partial charge in [-0.3, -0.25) is 49.0 Å². The number of carbonyl (C=O) groups excluding carboxylic acids is 8. The smallest absolute Gasteiger partial charge is 0.255 e. The largest absolute Gasteiger partial charge is 0.326 e. The Bertz CT molecular complexity index is 1630. The predicted molar refractivity (Wildman–Crippen MR) is 175 cm³/mol. The molecular formula is C36H39N5O8. The number of benzene rings is 2. The van der Waals surface area contributed by atoms with Gasteiger partial charge in [-0.1, -0.05) is 37.5 Å². The van der Waals surface area contributed by atoms with Crippen molar-refractivity contribution in [3.63, 3.8) is 0 Å². The lowest BCUT2D eigenvalue weighted by atomic mass is 9.97. The molecule has 4 aliphatic heterocycles. The highest BCUT2D eigenvalue weighted by Crippen LogP contribution is 2.33. The van der Waals surface area contributed by atoms with E-state index >= 15 is 0 Å². The molecule has 2 aromatic rings. The molecule has 2 unspecified atom stereocenters. The van der Waals surface area contributed by atoms with Crippen molar-refractivity contribution in [2.24, 2.45) is 0 Å². The van der Waals surface area contributed by atoms with Gasteiger partial charge in [-0.15, -0.1) is 0 Å². The van der Waals surface area contributed by atoms with Crippen LogP contribution < -0.4 is 16.0 Å². The van der Waals surface area contributed by atoms with Crippen LogP contribution in [0.5, 0.6) is 0 Å². The van der Waals surface area contributed by atoms with Gasteiger partial charge in [-0.25, -0.2) is 0 Å². The fraction of sp³-hybridized carbons (Fsp3) is 0.444. The van der Waals surface area contributed by atoms with Crippen LogP contribution in [0.15, 0.2) is 36.4 Å². The van der Waals surface area contributed by atoms with Gasteiger partial charge in [-0.2, -0.15) is 0 Å². The van der Waals surface area contributed by atoms with Gasteiger partial charge >= 0.3 is 0 Å². The first kappa shape index (κ1) is 33.7. The van der Waals surface area contributed by atoms with Gasteiger partial charge in [0.25, 0.3) is 11.8 Å². The van der Waals surface area contributed by atoms with E-state index in [-0.39, 0.29) is 80.5 Å². The monoisotopic (exact) mass is 669 g/mol. The van der Waals surface area contributed by atoms with Gasteiger partial charge in [0.15, 0.2) is 0 Å². The highest BCUT2D eigenvalue weighted by atomic mass is 16.2. The first-order valence-corrected chi connectivity index (χ1v) is 16.9. The molecule has 2 atom stereocenters. The number of carbonyl (C=O) groups is 8. The van der Waals surface area contributed by atoms with Crippen molar-refractivity contribution in [3.05, 3.63) is 64.2 Å². The number of nitrogens with zero attached hydrogens (tertiary/aromatic N) is 2. The van der Waals surface area contributed by atoms with Crippen LogP contribution in [0.25, 0.3) is 0 Å². The van der Waals surface area contributed by atoms with Crippen molar-refractivity contribution >= 4 is 52.8 Å². The summed E-state index contributed by atoms with van der Waals surface area (Å²) in [7, 11) is 0. The minimum absolute atomic E-state index is 0.0738. The van der Waals surface area contributed by atoms with Crippen LogP contribution in [0.3, 0.4) is 0 Å². The van der Waals surface area contributed by atoms with Crippen molar-refractivity contribution < 1.29 is 38.4 Å². The third kappa shape index (κ3) is 7.30. The predicted octanol–water partition coefficient (Wildman–Crippen LogP) is 2.69. The summed E-state index contributed by atoms with van der Waals surface area (Å²) < 4.78 is 0. The number of anilines is 1. The van der Waals surface area contributed by atoms with Crippen molar-refractivity contribution in [1.82, 2.24) is 20.4 Å². The van der Waals surface area contributed by atoms with Crippen LogP contribution in [0.2, 0.25) is 0 Å². The first-order valence-electron chi connectivity index (χ1n) is 16.9. The van der Waals surface area contributed by atoms with Crippen molar-refractivity contribution in [3.8, 4) is 0 Å². The van der Waals surface area contributed by atoms with Crippen LogP contribution in [-0.2, 0) is 48.3 Å². The molecule has 4 heterocycles. The van der Waals surface area contributed by atoms with Crippen molar-refractivity contribution in [1.29, 1.82) is 0 Å². The second-order valence-corrected chi connectivity index (χ2v) is 13.1. The molecule has 0 aliphatic carbocycles. The lowest BCUT2D eigenvalue weighted by molar-refractivity contribution is -0.138. The number of Topliss-reactive ketones (excluding diaryl/α,β-unsaturated/α-hetero) is 1. The highest BCUT2D eigenvalue weighted by molar-refractivity contribution is 6.07. The SMILES string of the molecule is O=C(CCCCCCCC(=O)Nc1cccc2c1CN(C1CCC(=O)NC1=O)C2=O)Cc1cccc2c1CN(C1CCC(=O)NC1=O)C2=O. The summed E-state index contributed by atoms with van der Waals surface area (Å²) in [6, 6.07) is 9.00. The fourth-order valence-corrected chi connectivity index (χ4v) is 7.17. The molecule has 0 aromatic heterocycles. The fourth-order valence-electron chi connectivity index (χ4n) is 7.17. The molecule has 13 nitrogen and oxygen atoms in total. The molecule has 0 radical (unpaired) electrons. The molecule has 49 heavy (non-hydrogen) atoms. The Kier molecular flexibility index (Phi) is 9.97. The van der Waals surface area contributed by atoms with Gasteiger partial charge < -0.3 is 15.1 Å². The van der Waals surface area contributed by atoms with E-state index in [1.54, 1.807) is 30.3 Å². The Labute approximate surface area is 283 Å². The van der Waals surface area contributed by atoms with Crippen LogP contribution in [0, 0.1) is 0 Å². The number of imide groups is 2. The zero-order chi connectivity index (χ0) is 34.7. The number of unbranched alkanes of at least 4 members (excludes halogenated alkanes) is 4. The average Bonchev–Trinajstić information content (AvgIpc) is 3.58. The minimum Gasteiger partial charge on any atom is -0.326 e. The molecule has 256 valence electrons. The van der Waals surface area contributed by atoms with E-state index < -0.39 is 23.9 Å². The number of nitrogens with one attached hydrogen (secondary N) is 3. The quantitative estimate of drug-likeness (QED) is 0.215. The Hall–Kier alpha value is -5.20. The third-order valence-electron chi connectivity index (χ3n) is 9.78. The standard InChI is InChI=1S/C36H39N5O8/c42-22(18-21-8-6-10-23-25(21)19-40(35(23)48)28-14-16-31(44)38-33(28)46)9-4-2-1-3-5-13-30(43)37-27-12-7-11-24-26(27)20-41(36(24)49)29-15-17-32(45)39-34(29)47/h6-8,10-12,28-29H,1-5,9,13-20H2,(H,37,43)(H,38,44,46)(H,39,45,47). The van der Waals surface area contributed by atoms with E-state index in [1.807, 2.05) is 6.07 Å². The summed E-state index contributed by atoms with van der Waals surface area (Å²) in [5.74, 6) is -2.27. The lowest BCUT2D eigenvalue weighted by Gasteiger charge is -2.29. The lowest BCUT2D eigenvalue weighted by Crippen LogP contribution is -2.52. The molecule has 6 rings (SSSR count). The summed E-state index contributed by atoms with van der Waals surface area (Å²) in [4.78, 5) is 102. The van der Waals surface area contributed by atoms with Gasteiger partial charge in [0, 0.05) is 67.6 Å².